The van der Waals surface area contributed by atoms with Crippen molar-refractivity contribution in [3.63, 3.8) is 0 Å². The monoisotopic (exact) mass is 350 g/mol. The molecule has 1 aliphatic heterocycles. The van der Waals surface area contributed by atoms with Crippen molar-refractivity contribution >= 4 is 29.5 Å². The van der Waals surface area contributed by atoms with Gasteiger partial charge in [0.1, 0.15) is 6.04 Å². The Morgan fingerprint density at radius 3 is 2.58 bits per heavy atom. The maximum Gasteiger partial charge on any atom is 0.308 e. The van der Waals surface area contributed by atoms with Gasteiger partial charge in [-0.15, -0.1) is 11.8 Å². The van der Waals surface area contributed by atoms with Gasteiger partial charge in [-0.2, -0.15) is 0 Å². The van der Waals surface area contributed by atoms with Gasteiger partial charge in [-0.1, -0.05) is 37.3 Å². The Hall–Kier alpha value is -2.02. The molecule has 0 aliphatic carbocycles. The summed E-state index contributed by atoms with van der Waals surface area (Å²) in [5.41, 5.74) is 0.934. The van der Waals surface area contributed by atoms with E-state index in [0.29, 0.717) is 18.2 Å². The molecule has 2 rings (SSSR count). The van der Waals surface area contributed by atoms with Crippen molar-refractivity contribution in [2.75, 3.05) is 18.2 Å². The van der Waals surface area contributed by atoms with Crippen LogP contribution in [0.2, 0.25) is 0 Å². The van der Waals surface area contributed by atoms with E-state index in [1.807, 2.05) is 30.3 Å². The standard InChI is InChI=1S/C17H22N2O4S/c1-12(17(22)23)8-18(9-14-6-4-3-5-7-14)16(21)15-10-24-11-19(15)13(2)20/h3-7,12,15H,8-11H2,1-2H3,(H,22,23). The van der Waals surface area contributed by atoms with E-state index < -0.39 is 17.9 Å². The van der Waals surface area contributed by atoms with E-state index in [2.05, 4.69) is 0 Å². The molecule has 7 heteroatoms. The maximum absolute atomic E-state index is 12.9. The molecular weight excluding hydrogens is 328 g/mol. The fraction of sp³-hybridized carbons (Fsp3) is 0.471. The Balaban J connectivity index is 2.18. The number of rotatable bonds is 6. The molecule has 1 N–H and O–H groups in total. The van der Waals surface area contributed by atoms with E-state index in [4.69, 9.17) is 0 Å². The Morgan fingerprint density at radius 2 is 2.00 bits per heavy atom. The van der Waals surface area contributed by atoms with Crippen LogP contribution in [0.5, 0.6) is 0 Å². The highest BCUT2D eigenvalue weighted by Gasteiger charge is 2.36. The summed E-state index contributed by atoms with van der Waals surface area (Å²) < 4.78 is 0. The number of thioether (sulfide) groups is 1. The second kappa shape index (κ2) is 8.19. The second-order valence-corrected chi connectivity index (χ2v) is 6.95. The fourth-order valence-electron chi connectivity index (χ4n) is 2.61. The van der Waals surface area contributed by atoms with Crippen LogP contribution in [0.25, 0.3) is 0 Å². The van der Waals surface area contributed by atoms with Crippen molar-refractivity contribution in [3.8, 4) is 0 Å². The summed E-state index contributed by atoms with van der Waals surface area (Å²) in [6.45, 7) is 3.49. The maximum atomic E-state index is 12.9. The van der Waals surface area contributed by atoms with Crippen LogP contribution in [0, 0.1) is 5.92 Å². The van der Waals surface area contributed by atoms with Gasteiger partial charge in [-0.05, 0) is 5.56 Å². The first-order chi connectivity index (χ1) is 11.4. The van der Waals surface area contributed by atoms with E-state index in [-0.39, 0.29) is 18.4 Å². The number of carbonyl (C=O) groups is 3. The lowest BCUT2D eigenvalue weighted by Gasteiger charge is -2.30. The summed E-state index contributed by atoms with van der Waals surface area (Å²) in [5, 5.41) is 9.18. The lowest BCUT2D eigenvalue weighted by atomic mass is 10.1. The van der Waals surface area contributed by atoms with Gasteiger partial charge < -0.3 is 14.9 Å². The molecule has 1 aromatic carbocycles. The molecule has 0 radical (unpaired) electrons. The van der Waals surface area contributed by atoms with Crippen molar-refractivity contribution in [3.05, 3.63) is 35.9 Å². The summed E-state index contributed by atoms with van der Waals surface area (Å²) in [7, 11) is 0. The number of aliphatic carboxylic acids is 1. The van der Waals surface area contributed by atoms with Crippen LogP contribution in [0.15, 0.2) is 30.3 Å². The van der Waals surface area contributed by atoms with Crippen molar-refractivity contribution < 1.29 is 19.5 Å². The smallest absolute Gasteiger partial charge is 0.308 e. The summed E-state index contributed by atoms with van der Waals surface area (Å²) in [4.78, 5) is 39.0. The molecule has 2 amide bonds. The predicted octanol–water partition coefficient (Wildman–Crippen LogP) is 1.66. The molecule has 1 saturated heterocycles. The number of hydrogen-bond donors (Lipinski definition) is 1. The first-order valence-electron chi connectivity index (χ1n) is 7.80. The highest BCUT2D eigenvalue weighted by atomic mass is 32.2. The molecular formula is C17H22N2O4S. The highest BCUT2D eigenvalue weighted by Crippen LogP contribution is 2.23. The van der Waals surface area contributed by atoms with Crippen LogP contribution >= 0.6 is 11.8 Å². The quantitative estimate of drug-likeness (QED) is 0.844. The average Bonchev–Trinajstić information content (AvgIpc) is 3.04. The van der Waals surface area contributed by atoms with E-state index in [1.165, 1.54) is 18.7 Å². The minimum Gasteiger partial charge on any atom is -0.481 e. The van der Waals surface area contributed by atoms with Crippen LogP contribution in [-0.4, -0.2) is 56.9 Å². The first kappa shape index (κ1) is 18.3. The van der Waals surface area contributed by atoms with Crippen molar-refractivity contribution in [1.82, 2.24) is 9.80 Å². The summed E-state index contributed by atoms with van der Waals surface area (Å²) in [5.74, 6) is -0.885. The van der Waals surface area contributed by atoms with Gasteiger partial charge in [0.05, 0.1) is 11.8 Å². The summed E-state index contributed by atoms with van der Waals surface area (Å²) in [6, 6.07) is 8.94. The van der Waals surface area contributed by atoms with E-state index in [0.717, 1.165) is 5.56 Å². The van der Waals surface area contributed by atoms with E-state index >= 15 is 0 Å². The molecule has 1 aliphatic rings. The number of carboxylic acid groups (broad SMARTS) is 1. The molecule has 6 nitrogen and oxygen atoms in total. The normalized spacial score (nSPS) is 18.2. The lowest BCUT2D eigenvalue weighted by Crippen LogP contribution is -2.49. The molecule has 1 fully saturated rings. The second-order valence-electron chi connectivity index (χ2n) is 5.95. The van der Waals surface area contributed by atoms with Crippen molar-refractivity contribution in [1.29, 1.82) is 0 Å². The molecule has 1 aromatic rings. The molecule has 0 spiro atoms. The van der Waals surface area contributed by atoms with Gasteiger partial charge in [0.2, 0.25) is 11.8 Å². The highest BCUT2D eigenvalue weighted by molar-refractivity contribution is 7.99. The molecule has 0 aromatic heterocycles. The Bertz CT molecular complexity index is 608. The third kappa shape index (κ3) is 4.50. The van der Waals surface area contributed by atoms with Crippen molar-refractivity contribution in [2.45, 2.75) is 26.4 Å². The fourth-order valence-corrected chi connectivity index (χ4v) is 3.82. The largest absolute Gasteiger partial charge is 0.481 e. The lowest BCUT2D eigenvalue weighted by molar-refractivity contribution is -0.146. The number of carbonyl (C=O) groups excluding carboxylic acids is 2. The van der Waals surface area contributed by atoms with Gasteiger partial charge in [-0.25, -0.2) is 0 Å². The van der Waals surface area contributed by atoms with Crippen LogP contribution in [-0.2, 0) is 20.9 Å². The Morgan fingerprint density at radius 1 is 1.33 bits per heavy atom. The van der Waals surface area contributed by atoms with Gasteiger partial charge in [0, 0.05) is 25.8 Å². The molecule has 130 valence electrons. The number of amides is 2. The minimum absolute atomic E-state index is 0.121. The van der Waals surface area contributed by atoms with Crippen LogP contribution in [0.4, 0.5) is 0 Å². The predicted molar refractivity (Wildman–Crippen MR) is 92.3 cm³/mol. The van der Waals surface area contributed by atoms with Crippen molar-refractivity contribution in [2.24, 2.45) is 5.92 Å². The number of carboxylic acids is 1. The van der Waals surface area contributed by atoms with Crippen LogP contribution < -0.4 is 0 Å². The summed E-state index contributed by atoms with van der Waals surface area (Å²) >= 11 is 1.54. The van der Waals surface area contributed by atoms with Gasteiger partial charge in [0.15, 0.2) is 0 Å². The van der Waals surface area contributed by atoms with Crippen LogP contribution in [0.3, 0.4) is 0 Å². The molecule has 1 heterocycles. The Kier molecular flexibility index (Phi) is 6.25. The summed E-state index contributed by atoms with van der Waals surface area (Å²) in [6.07, 6.45) is 0. The number of hydrogen-bond acceptors (Lipinski definition) is 4. The zero-order valence-electron chi connectivity index (χ0n) is 13.8. The van der Waals surface area contributed by atoms with Gasteiger partial charge in [-0.3, -0.25) is 14.4 Å². The van der Waals surface area contributed by atoms with Gasteiger partial charge in [0.25, 0.3) is 0 Å². The molecule has 0 saturated carbocycles. The SMILES string of the molecule is CC(=O)N1CSCC1C(=O)N(Cc1ccccc1)CC(C)C(=O)O. The number of nitrogens with zero attached hydrogens (tertiary/aromatic N) is 2. The molecule has 0 bridgehead atoms. The first-order valence-corrected chi connectivity index (χ1v) is 8.96. The third-order valence-corrected chi connectivity index (χ3v) is 5.03. The van der Waals surface area contributed by atoms with Gasteiger partial charge >= 0.3 is 5.97 Å². The number of benzene rings is 1. The molecule has 24 heavy (non-hydrogen) atoms. The molecule has 2 atom stereocenters. The Labute approximate surface area is 145 Å². The van der Waals surface area contributed by atoms with Crippen LogP contribution in [0.1, 0.15) is 19.4 Å². The molecule has 2 unspecified atom stereocenters. The zero-order valence-corrected chi connectivity index (χ0v) is 14.7. The topological polar surface area (TPSA) is 77.9 Å². The van der Waals surface area contributed by atoms with E-state index in [9.17, 15) is 19.5 Å². The van der Waals surface area contributed by atoms with E-state index in [1.54, 1.807) is 16.7 Å². The third-order valence-electron chi connectivity index (χ3n) is 4.02. The minimum atomic E-state index is -0.940. The zero-order chi connectivity index (χ0) is 17.7. The average molecular weight is 350 g/mol.